The van der Waals surface area contributed by atoms with E-state index in [-0.39, 0.29) is 0 Å². The number of hydrogen-bond donors (Lipinski definition) is 2. The molecule has 0 aliphatic heterocycles. The zero-order valence-corrected chi connectivity index (χ0v) is 12.0. The van der Waals surface area contributed by atoms with Crippen molar-refractivity contribution in [3.63, 3.8) is 0 Å². The third kappa shape index (κ3) is 3.97. The van der Waals surface area contributed by atoms with E-state index in [1.54, 1.807) is 0 Å². The van der Waals surface area contributed by atoms with Crippen LogP contribution in [0.5, 0.6) is 0 Å². The highest BCUT2D eigenvalue weighted by molar-refractivity contribution is 5.56. The van der Waals surface area contributed by atoms with Crippen LogP contribution >= 0.6 is 0 Å². The standard InChI is InChI=1S/C16H13F2N5/c17-13-7-6-12(8-14(13)18)21-15-10-20-23-16(22-15)19-9-11-4-2-1-3-5-11/h1-8,10H,9H2,(H2,19,21,22,23). The Hall–Kier alpha value is -3.09. The van der Waals surface area contributed by atoms with Crippen molar-refractivity contribution in [1.29, 1.82) is 0 Å². The number of nitrogens with one attached hydrogen (secondary N) is 2. The van der Waals surface area contributed by atoms with Gasteiger partial charge in [-0.1, -0.05) is 30.3 Å². The van der Waals surface area contributed by atoms with Gasteiger partial charge in [-0.05, 0) is 17.7 Å². The van der Waals surface area contributed by atoms with E-state index in [1.807, 2.05) is 30.3 Å². The maximum absolute atomic E-state index is 13.2. The van der Waals surface area contributed by atoms with Crippen molar-refractivity contribution in [2.45, 2.75) is 6.54 Å². The summed E-state index contributed by atoms with van der Waals surface area (Å²) < 4.78 is 26.1. The van der Waals surface area contributed by atoms with Crippen LogP contribution in [0.1, 0.15) is 5.56 Å². The second-order valence-corrected chi connectivity index (χ2v) is 4.76. The minimum Gasteiger partial charge on any atom is -0.349 e. The molecule has 0 saturated carbocycles. The van der Waals surface area contributed by atoms with Crippen molar-refractivity contribution < 1.29 is 8.78 Å². The van der Waals surface area contributed by atoms with Crippen molar-refractivity contribution in [2.75, 3.05) is 10.6 Å². The number of anilines is 3. The molecular weight excluding hydrogens is 300 g/mol. The molecule has 5 nitrogen and oxygen atoms in total. The molecule has 1 heterocycles. The minimum atomic E-state index is -0.931. The van der Waals surface area contributed by atoms with E-state index in [4.69, 9.17) is 0 Å². The van der Waals surface area contributed by atoms with Gasteiger partial charge in [0, 0.05) is 18.3 Å². The summed E-state index contributed by atoms with van der Waals surface area (Å²) in [6.45, 7) is 0.553. The van der Waals surface area contributed by atoms with Crippen LogP contribution in [0.4, 0.5) is 26.2 Å². The first-order chi connectivity index (χ1) is 11.2. The summed E-state index contributed by atoms with van der Waals surface area (Å²) in [6, 6.07) is 13.3. The molecule has 3 aromatic rings. The Labute approximate surface area is 131 Å². The Morgan fingerprint density at radius 3 is 2.57 bits per heavy atom. The molecule has 7 heteroatoms. The predicted octanol–water partition coefficient (Wildman–Crippen LogP) is 3.51. The third-order valence-electron chi connectivity index (χ3n) is 3.04. The Balaban J connectivity index is 1.68. The van der Waals surface area contributed by atoms with Gasteiger partial charge in [0.2, 0.25) is 5.95 Å². The molecule has 0 unspecified atom stereocenters. The summed E-state index contributed by atoms with van der Waals surface area (Å²) >= 11 is 0. The molecule has 116 valence electrons. The zero-order valence-electron chi connectivity index (χ0n) is 12.0. The molecule has 0 aliphatic rings. The van der Waals surface area contributed by atoms with E-state index in [2.05, 4.69) is 25.8 Å². The topological polar surface area (TPSA) is 62.7 Å². The molecular formula is C16H13F2N5. The van der Waals surface area contributed by atoms with Gasteiger partial charge in [0.15, 0.2) is 17.5 Å². The van der Waals surface area contributed by atoms with Crippen molar-refractivity contribution in [3.8, 4) is 0 Å². The second-order valence-electron chi connectivity index (χ2n) is 4.76. The van der Waals surface area contributed by atoms with E-state index in [0.717, 1.165) is 17.7 Å². The Morgan fingerprint density at radius 1 is 0.957 bits per heavy atom. The lowest BCUT2D eigenvalue weighted by molar-refractivity contribution is 0.509. The highest BCUT2D eigenvalue weighted by Gasteiger charge is 2.05. The van der Waals surface area contributed by atoms with Gasteiger partial charge in [-0.2, -0.15) is 10.1 Å². The lowest BCUT2D eigenvalue weighted by atomic mass is 10.2. The maximum Gasteiger partial charge on any atom is 0.244 e. The molecule has 2 aromatic carbocycles. The second kappa shape index (κ2) is 6.78. The van der Waals surface area contributed by atoms with Crippen LogP contribution < -0.4 is 10.6 Å². The highest BCUT2D eigenvalue weighted by atomic mass is 19.2. The van der Waals surface area contributed by atoms with Gasteiger partial charge >= 0.3 is 0 Å². The Morgan fingerprint density at radius 2 is 1.78 bits per heavy atom. The number of nitrogens with zero attached hydrogens (tertiary/aromatic N) is 3. The fourth-order valence-corrected chi connectivity index (χ4v) is 1.94. The Kier molecular flexibility index (Phi) is 4.37. The molecule has 3 rings (SSSR count). The van der Waals surface area contributed by atoms with Gasteiger partial charge in [-0.15, -0.1) is 5.10 Å². The summed E-state index contributed by atoms with van der Waals surface area (Å²) in [5, 5.41) is 13.6. The molecule has 2 N–H and O–H groups in total. The van der Waals surface area contributed by atoms with Crippen LogP contribution in [0, 0.1) is 11.6 Å². The maximum atomic E-state index is 13.2. The molecule has 0 spiro atoms. The van der Waals surface area contributed by atoms with Crippen LogP contribution in [-0.2, 0) is 6.54 Å². The lowest BCUT2D eigenvalue weighted by Crippen LogP contribution is -2.06. The monoisotopic (exact) mass is 313 g/mol. The molecule has 1 aromatic heterocycles. The summed E-state index contributed by atoms with van der Waals surface area (Å²) in [5.41, 5.74) is 1.45. The minimum absolute atomic E-state index is 0.335. The van der Waals surface area contributed by atoms with Gasteiger partial charge < -0.3 is 10.6 Å². The van der Waals surface area contributed by atoms with Crippen molar-refractivity contribution in [1.82, 2.24) is 15.2 Å². The molecule has 0 saturated heterocycles. The van der Waals surface area contributed by atoms with Crippen LogP contribution in [0.25, 0.3) is 0 Å². The summed E-state index contributed by atoms with van der Waals surface area (Å²) in [7, 11) is 0. The highest BCUT2D eigenvalue weighted by Crippen LogP contribution is 2.17. The first-order valence-electron chi connectivity index (χ1n) is 6.90. The molecule has 23 heavy (non-hydrogen) atoms. The number of rotatable bonds is 5. The largest absolute Gasteiger partial charge is 0.349 e. The van der Waals surface area contributed by atoms with E-state index >= 15 is 0 Å². The van der Waals surface area contributed by atoms with Gasteiger partial charge in [0.25, 0.3) is 0 Å². The lowest BCUT2D eigenvalue weighted by Gasteiger charge is -2.08. The number of hydrogen-bond acceptors (Lipinski definition) is 5. The van der Waals surface area contributed by atoms with Crippen LogP contribution in [0.3, 0.4) is 0 Å². The van der Waals surface area contributed by atoms with Crippen molar-refractivity contribution >= 4 is 17.5 Å². The normalized spacial score (nSPS) is 10.3. The van der Waals surface area contributed by atoms with Gasteiger partial charge in [0.05, 0.1) is 6.20 Å². The third-order valence-corrected chi connectivity index (χ3v) is 3.04. The van der Waals surface area contributed by atoms with Gasteiger partial charge in [0.1, 0.15) is 0 Å². The van der Waals surface area contributed by atoms with E-state index < -0.39 is 11.6 Å². The van der Waals surface area contributed by atoms with Crippen molar-refractivity contribution in [3.05, 3.63) is 71.9 Å². The number of aromatic nitrogens is 3. The van der Waals surface area contributed by atoms with E-state index in [9.17, 15) is 8.78 Å². The van der Waals surface area contributed by atoms with Crippen LogP contribution in [0.15, 0.2) is 54.7 Å². The van der Waals surface area contributed by atoms with E-state index in [0.29, 0.717) is 24.0 Å². The first kappa shape index (κ1) is 14.8. The number of halogens is 2. The predicted molar refractivity (Wildman–Crippen MR) is 83.2 cm³/mol. The molecule has 0 fully saturated rings. The summed E-state index contributed by atoms with van der Waals surface area (Å²) in [4.78, 5) is 4.22. The molecule has 0 amide bonds. The molecule has 0 bridgehead atoms. The first-order valence-corrected chi connectivity index (χ1v) is 6.90. The van der Waals surface area contributed by atoms with Gasteiger partial charge in [-0.3, -0.25) is 0 Å². The molecule has 0 radical (unpaired) electrons. The Bertz CT molecular complexity index is 795. The zero-order chi connectivity index (χ0) is 16.1. The quantitative estimate of drug-likeness (QED) is 0.755. The summed E-state index contributed by atoms with van der Waals surface area (Å²) in [6.07, 6.45) is 1.40. The fraction of sp³-hybridized carbons (Fsp3) is 0.0625. The number of benzene rings is 2. The molecule has 0 atom stereocenters. The average molecular weight is 313 g/mol. The smallest absolute Gasteiger partial charge is 0.244 e. The van der Waals surface area contributed by atoms with Crippen molar-refractivity contribution in [2.24, 2.45) is 0 Å². The van der Waals surface area contributed by atoms with Crippen LogP contribution in [-0.4, -0.2) is 15.2 Å². The summed E-state index contributed by atoms with van der Waals surface area (Å²) in [5.74, 6) is -1.12. The SMILES string of the molecule is Fc1ccc(Nc2cnnc(NCc3ccccc3)n2)cc1F. The van der Waals surface area contributed by atoms with Crippen LogP contribution in [0.2, 0.25) is 0 Å². The van der Waals surface area contributed by atoms with E-state index in [1.165, 1.54) is 12.3 Å². The van der Waals surface area contributed by atoms with Gasteiger partial charge in [-0.25, -0.2) is 8.78 Å². The molecule has 0 aliphatic carbocycles. The average Bonchev–Trinajstić information content (AvgIpc) is 2.58. The fourth-order valence-electron chi connectivity index (χ4n) is 1.94.